The van der Waals surface area contributed by atoms with Crippen molar-refractivity contribution >= 4 is 22.8 Å². The van der Waals surface area contributed by atoms with Gasteiger partial charge in [0.25, 0.3) is 0 Å². The van der Waals surface area contributed by atoms with E-state index in [1.54, 1.807) is 11.3 Å². The zero-order chi connectivity index (χ0) is 15.5. The van der Waals surface area contributed by atoms with Crippen LogP contribution in [0.4, 0.5) is 5.82 Å². The van der Waals surface area contributed by atoms with E-state index >= 15 is 0 Å². The Bertz CT molecular complexity index is 734. The third-order valence-corrected chi connectivity index (χ3v) is 4.65. The van der Waals surface area contributed by atoms with E-state index in [0.717, 1.165) is 35.9 Å². The van der Waals surface area contributed by atoms with E-state index in [2.05, 4.69) is 41.2 Å². The smallest absolute Gasteiger partial charge is 0.186 e. The van der Waals surface area contributed by atoms with Crippen molar-refractivity contribution < 1.29 is 0 Å². The summed E-state index contributed by atoms with van der Waals surface area (Å²) >= 11 is 1.65. The maximum absolute atomic E-state index is 4.77. The largest absolute Gasteiger partial charge is 0.355 e. The summed E-state index contributed by atoms with van der Waals surface area (Å²) in [5, 5.41) is 17.4. The van der Waals surface area contributed by atoms with Gasteiger partial charge in [-0.05, 0) is 36.4 Å². The molecular weight excluding hydrogens is 294 g/mol. The molecule has 1 unspecified atom stereocenters. The Morgan fingerprint density at radius 3 is 2.77 bits per heavy atom. The molecule has 0 spiro atoms. The maximum atomic E-state index is 4.77. The van der Waals surface area contributed by atoms with Crippen molar-refractivity contribution in [1.29, 1.82) is 0 Å². The number of aromatic nitrogens is 4. The Kier molecular flexibility index (Phi) is 4.38. The van der Waals surface area contributed by atoms with Gasteiger partial charge >= 0.3 is 0 Å². The molecule has 0 saturated carbocycles. The topological polar surface area (TPSA) is 46.3 Å². The van der Waals surface area contributed by atoms with Crippen molar-refractivity contribution in [3.05, 3.63) is 29.0 Å². The molecule has 0 saturated heterocycles. The Labute approximate surface area is 134 Å². The summed E-state index contributed by atoms with van der Waals surface area (Å²) in [5.74, 6) is 2.43. The minimum atomic E-state index is 0.648. The highest BCUT2D eigenvalue weighted by molar-refractivity contribution is 7.08. The molecule has 0 aliphatic rings. The van der Waals surface area contributed by atoms with Crippen molar-refractivity contribution in [2.24, 2.45) is 5.92 Å². The van der Waals surface area contributed by atoms with Gasteiger partial charge in [0.1, 0.15) is 5.82 Å². The van der Waals surface area contributed by atoms with Gasteiger partial charge < -0.3 is 4.90 Å². The quantitative estimate of drug-likeness (QED) is 0.695. The van der Waals surface area contributed by atoms with Crippen LogP contribution in [0.2, 0.25) is 0 Å². The van der Waals surface area contributed by atoms with E-state index in [-0.39, 0.29) is 0 Å². The second-order valence-electron chi connectivity index (χ2n) is 5.55. The molecule has 0 radical (unpaired) electrons. The van der Waals surface area contributed by atoms with Gasteiger partial charge in [0.2, 0.25) is 0 Å². The van der Waals surface area contributed by atoms with Gasteiger partial charge in [-0.3, -0.25) is 0 Å². The highest BCUT2D eigenvalue weighted by atomic mass is 32.1. The van der Waals surface area contributed by atoms with Crippen molar-refractivity contribution in [3.8, 4) is 11.4 Å². The molecule has 0 fully saturated rings. The molecule has 0 N–H and O–H groups in total. The molecule has 3 aromatic heterocycles. The second kappa shape index (κ2) is 6.44. The van der Waals surface area contributed by atoms with Crippen LogP contribution >= 0.6 is 11.3 Å². The summed E-state index contributed by atoms with van der Waals surface area (Å²) in [4.78, 5) is 2.31. The predicted molar refractivity (Wildman–Crippen MR) is 91.4 cm³/mol. The van der Waals surface area contributed by atoms with Gasteiger partial charge in [0.05, 0.1) is 0 Å². The summed E-state index contributed by atoms with van der Waals surface area (Å²) in [6, 6.07) is 6.07. The molecule has 0 aliphatic carbocycles. The van der Waals surface area contributed by atoms with E-state index in [9.17, 15) is 0 Å². The molecular formula is C16H21N5S. The third kappa shape index (κ3) is 2.83. The van der Waals surface area contributed by atoms with E-state index in [0.29, 0.717) is 5.92 Å². The fourth-order valence-corrected chi connectivity index (χ4v) is 3.04. The summed E-state index contributed by atoms with van der Waals surface area (Å²) in [6.07, 6.45) is 1.17. The standard InChI is InChI=1S/C16H21N5S/c1-4-12(3)10-20(5-2)15-7-6-14-17-18-16(21(14)19-15)13-8-9-22-11-13/h6-9,11-12H,4-5,10H2,1-3H3. The zero-order valence-electron chi connectivity index (χ0n) is 13.2. The second-order valence-corrected chi connectivity index (χ2v) is 6.33. The molecule has 22 heavy (non-hydrogen) atoms. The van der Waals surface area contributed by atoms with E-state index in [4.69, 9.17) is 5.10 Å². The van der Waals surface area contributed by atoms with Crippen LogP contribution in [0.5, 0.6) is 0 Å². The van der Waals surface area contributed by atoms with Gasteiger partial charge in [0.15, 0.2) is 11.5 Å². The predicted octanol–water partition coefficient (Wildman–Crippen LogP) is 3.73. The van der Waals surface area contributed by atoms with Crippen LogP contribution in [0.25, 0.3) is 17.0 Å². The van der Waals surface area contributed by atoms with Crippen LogP contribution in [0.3, 0.4) is 0 Å². The minimum Gasteiger partial charge on any atom is -0.355 e. The normalized spacial score (nSPS) is 12.7. The Morgan fingerprint density at radius 1 is 1.23 bits per heavy atom. The minimum absolute atomic E-state index is 0.648. The fraction of sp³-hybridized carbons (Fsp3) is 0.438. The summed E-state index contributed by atoms with van der Waals surface area (Å²) in [7, 11) is 0. The fourth-order valence-electron chi connectivity index (χ4n) is 2.41. The molecule has 6 heteroatoms. The first-order valence-electron chi connectivity index (χ1n) is 7.72. The zero-order valence-corrected chi connectivity index (χ0v) is 14.0. The lowest BCUT2D eigenvalue weighted by Gasteiger charge is -2.24. The van der Waals surface area contributed by atoms with Crippen LogP contribution in [-0.2, 0) is 0 Å². The lowest BCUT2D eigenvalue weighted by molar-refractivity contribution is 0.544. The Balaban J connectivity index is 1.99. The number of fused-ring (bicyclic) bond motifs is 1. The number of anilines is 1. The van der Waals surface area contributed by atoms with Crippen LogP contribution in [0.1, 0.15) is 27.2 Å². The lowest BCUT2D eigenvalue weighted by Crippen LogP contribution is -2.29. The molecule has 0 amide bonds. The number of nitrogens with zero attached hydrogens (tertiary/aromatic N) is 5. The van der Waals surface area contributed by atoms with Crippen LogP contribution in [0.15, 0.2) is 29.0 Å². The van der Waals surface area contributed by atoms with Crippen molar-refractivity contribution in [1.82, 2.24) is 19.8 Å². The van der Waals surface area contributed by atoms with E-state index in [1.165, 1.54) is 6.42 Å². The molecule has 3 heterocycles. The number of rotatable bonds is 6. The summed E-state index contributed by atoms with van der Waals surface area (Å²) < 4.78 is 1.84. The maximum Gasteiger partial charge on any atom is 0.186 e. The van der Waals surface area contributed by atoms with Crippen LogP contribution in [-0.4, -0.2) is 32.9 Å². The van der Waals surface area contributed by atoms with Crippen LogP contribution < -0.4 is 4.90 Å². The highest BCUT2D eigenvalue weighted by Gasteiger charge is 2.14. The first-order chi connectivity index (χ1) is 10.7. The Morgan fingerprint density at radius 2 is 2.09 bits per heavy atom. The molecule has 5 nitrogen and oxygen atoms in total. The summed E-state index contributed by atoms with van der Waals surface area (Å²) in [5.41, 5.74) is 1.84. The number of thiophene rings is 1. The molecule has 3 aromatic rings. The Hall–Kier alpha value is -1.95. The molecule has 0 aliphatic heterocycles. The first kappa shape index (κ1) is 15.0. The van der Waals surface area contributed by atoms with E-state index < -0.39 is 0 Å². The third-order valence-electron chi connectivity index (χ3n) is 3.96. The average Bonchev–Trinajstić information content (AvgIpc) is 3.20. The summed E-state index contributed by atoms with van der Waals surface area (Å²) in [6.45, 7) is 8.63. The SMILES string of the molecule is CCC(C)CN(CC)c1ccc2nnc(-c3ccsc3)n2n1. The highest BCUT2D eigenvalue weighted by Crippen LogP contribution is 2.22. The molecule has 1 atom stereocenters. The number of hydrogen-bond donors (Lipinski definition) is 0. The van der Waals surface area contributed by atoms with Crippen molar-refractivity contribution in [2.75, 3.05) is 18.0 Å². The van der Waals surface area contributed by atoms with Gasteiger partial charge in [-0.15, -0.1) is 15.3 Å². The molecule has 0 bridgehead atoms. The van der Waals surface area contributed by atoms with Gasteiger partial charge in [-0.1, -0.05) is 20.3 Å². The van der Waals surface area contributed by atoms with Gasteiger partial charge in [-0.25, -0.2) is 0 Å². The average molecular weight is 315 g/mol. The van der Waals surface area contributed by atoms with Crippen LogP contribution in [0, 0.1) is 5.92 Å². The number of hydrogen-bond acceptors (Lipinski definition) is 5. The lowest BCUT2D eigenvalue weighted by atomic mass is 10.1. The van der Waals surface area contributed by atoms with E-state index in [1.807, 2.05) is 28.1 Å². The van der Waals surface area contributed by atoms with Crippen molar-refractivity contribution in [2.45, 2.75) is 27.2 Å². The monoisotopic (exact) mass is 315 g/mol. The first-order valence-corrected chi connectivity index (χ1v) is 8.67. The molecule has 0 aromatic carbocycles. The van der Waals surface area contributed by atoms with Gasteiger partial charge in [-0.2, -0.15) is 15.9 Å². The van der Waals surface area contributed by atoms with Crippen molar-refractivity contribution in [3.63, 3.8) is 0 Å². The molecule has 3 rings (SSSR count). The van der Waals surface area contributed by atoms with Gasteiger partial charge in [0, 0.05) is 24.0 Å². The molecule has 116 valence electrons.